The van der Waals surface area contributed by atoms with Crippen LogP contribution >= 0.6 is 0 Å². The van der Waals surface area contributed by atoms with E-state index in [1.165, 1.54) is 0 Å². The van der Waals surface area contributed by atoms with E-state index < -0.39 is 0 Å². The lowest BCUT2D eigenvalue weighted by Gasteiger charge is -2.20. The van der Waals surface area contributed by atoms with E-state index in [4.69, 9.17) is 15.5 Å². The highest BCUT2D eigenvalue weighted by atomic mass is 16.5. The molecule has 1 saturated heterocycles. The molecule has 0 amide bonds. The third kappa shape index (κ3) is 2.84. The highest BCUT2D eigenvalue weighted by Gasteiger charge is 2.28. The van der Waals surface area contributed by atoms with Gasteiger partial charge in [0.2, 0.25) is 0 Å². The molecule has 0 unspecified atom stereocenters. The zero-order chi connectivity index (χ0) is 14.0. The van der Waals surface area contributed by atoms with Gasteiger partial charge in [-0.1, -0.05) is 26.8 Å². The minimum Gasteiger partial charge on any atom is -0.384 e. The van der Waals surface area contributed by atoms with Crippen LogP contribution in [0.15, 0.2) is 12.7 Å². The van der Waals surface area contributed by atoms with Crippen molar-refractivity contribution in [3.8, 4) is 0 Å². The van der Waals surface area contributed by atoms with Crippen LogP contribution in [-0.4, -0.2) is 22.8 Å². The summed E-state index contributed by atoms with van der Waals surface area (Å²) < 4.78 is 7.52. The molecule has 0 spiro atoms. The number of rotatable bonds is 3. The van der Waals surface area contributed by atoms with Gasteiger partial charge in [0, 0.05) is 31.1 Å². The van der Waals surface area contributed by atoms with Gasteiger partial charge in [-0.15, -0.1) is 6.58 Å². The fraction of sp³-hybridized carbons (Fsp3) is 0.667. The van der Waals surface area contributed by atoms with Crippen molar-refractivity contribution < 1.29 is 4.74 Å². The summed E-state index contributed by atoms with van der Waals surface area (Å²) in [6.07, 6.45) is 3.90. The van der Waals surface area contributed by atoms with Crippen LogP contribution in [0.2, 0.25) is 0 Å². The maximum atomic E-state index is 6.33. The van der Waals surface area contributed by atoms with E-state index in [1.54, 1.807) is 0 Å². The molecule has 1 aromatic rings. The Hall–Kier alpha value is -1.29. The van der Waals surface area contributed by atoms with Crippen molar-refractivity contribution in [2.24, 2.45) is 0 Å². The number of nitrogens with zero attached hydrogens (tertiary/aromatic N) is 2. The second-order valence-electron chi connectivity index (χ2n) is 6.24. The van der Waals surface area contributed by atoms with Crippen LogP contribution in [0.3, 0.4) is 0 Å². The molecule has 0 radical (unpaired) electrons. The Kier molecular flexibility index (Phi) is 3.99. The SMILES string of the molecule is C=CCn1c(C(C)(C)C)nc(C2CCOCC2)c1N. The largest absolute Gasteiger partial charge is 0.384 e. The first kappa shape index (κ1) is 14.1. The molecular formula is C15H25N3O. The molecule has 0 saturated carbocycles. The Morgan fingerprint density at radius 1 is 1.42 bits per heavy atom. The van der Waals surface area contributed by atoms with E-state index in [1.807, 2.05) is 6.08 Å². The van der Waals surface area contributed by atoms with Crippen LogP contribution in [-0.2, 0) is 16.7 Å². The Morgan fingerprint density at radius 2 is 2.05 bits per heavy atom. The average molecular weight is 263 g/mol. The van der Waals surface area contributed by atoms with Crippen molar-refractivity contribution in [3.05, 3.63) is 24.2 Å². The molecule has 2 rings (SSSR count). The normalized spacial score (nSPS) is 17.6. The maximum Gasteiger partial charge on any atom is 0.127 e. The summed E-state index contributed by atoms with van der Waals surface area (Å²) in [4.78, 5) is 4.86. The molecule has 0 bridgehead atoms. The molecule has 4 heteroatoms. The number of ether oxygens (including phenoxy) is 1. The molecule has 1 aliphatic rings. The molecule has 2 heterocycles. The van der Waals surface area contributed by atoms with Crippen molar-refractivity contribution in [1.82, 2.24) is 9.55 Å². The Morgan fingerprint density at radius 3 is 2.58 bits per heavy atom. The van der Waals surface area contributed by atoms with Gasteiger partial charge in [-0.2, -0.15) is 0 Å². The highest BCUT2D eigenvalue weighted by Crippen LogP contribution is 2.34. The Bertz CT molecular complexity index is 451. The fourth-order valence-electron chi connectivity index (χ4n) is 2.64. The topological polar surface area (TPSA) is 53.1 Å². The third-order valence-electron chi connectivity index (χ3n) is 3.63. The second-order valence-corrected chi connectivity index (χ2v) is 6.24. The van der Waals surface area contributed by atoms with Gasteiger partial charge in [-0.25, -0.2) is 4.98 Å². The van der Waals surface area contributed by atoms with Crippen LogP contribution in [0.1, 0.15) is 51.0 Å². The van der Waals surface area contributed by atoms with Gasteiger partial charge in [0.1, 0.15) is 11.6 Å². The van der Waals surface area contributed by atoms with Gasteiger partial charge in [0.05, 0.1) is 5.69 Å². The smallest absolute Gasteiger partial charge is 0.127 e. The fourth-order valence-corrected chi connectivity index (χ4v) is 2.64. The minimum atomic E-state index is -0.0133. The van der Waals surface area contributed by atoms with Crippen molar-refractivity contribution in [3.63, 3.8) is 0 Å². The number of hydrogen-bond acceptors (Lipinski definition) is 3. The second kappa shape index (κ2) is 5.37. The lowest BCUT2D eigenvalue weighted by Crippen LogP contribution is -2.19. The monoisotopic (exact) mass is 263 g/mol. The third-order valence-corrected chi connectivity index (χ3v) is 3.63. The van der Waals surface area contributed by atoms with Gasteiger partial charge in [-0.05, 0) is 12.8 Å². The number of nitrogens with two attached hydrogens (primary N) is 1. The first-order valence-electron chi connectivity index (χ1n) is 7.00. The van der Waals surface area contributed by atoms with Crippen LogP contribution in [0.4, 0.5) is 5.82 Å². The van der Waals surface area contributed by atoms with Crippen LogP contribution in [0, 0.1) is 0 Å². The lowest BCUT2D eigenvalue weighted by atomic mass is 9.95. The zero-order valence-corrected chi connectivity index (χ0v) is 12.3. The minimum absolute atomic E-state index is 0.0133. The van der Waals surface area contributed by atoms with Gasteiger partial charge < -0.3 is 15.0 Å². The molecule has 1 fully saturated rings. The molecule has 1 aromatic heterocycles. The molecule has 4 nitrogen and oxygen atoms in total. The summed E-state index contributed by atoms with van der Waals surface area (Å²) in [6.45, 7) is 12.7. The zero-order valence-electron chi connectivity index (χ0n) is 12.3. The number of hydrogen-bond donors (Lipinski definition) is 1. The van der Waals surface area contributed by atoms with Gasteiger partial charge >= 0.3 is 0 Å². The van der Waals surface area contributed by atoms with E-state index in [2.05, 4.69) is 31.9 Å². The standard InChI is InChI=1S/C15H25N3O/c1-5-8-18-13(16)12(11-6-9-19-10-7-11)17-14(18)15(2,3)4/h5,11H,1,6-10,16H2,2-4H3. The number of anilines is 1. The predicted molar refractivity (Wildman–Crippen MR) is 78.3 cm³/mol. The maximum absolute atomic E-state index is 6.33. The number of allylic oxidation sites excluding steroid dienone is 1. The summed E-state index contributed by atoms with van der Waals surface area (Å²) in [7, 11) is 0. The van der Waals surface area contributed by atoms with E-state index in [0.29, 0.717) is 12.5 Å². The first-order valence-corrected chi connectivity index (χ1v) is 7.00. The molecule has 0 aromatic carbocycles. The molecule has 1 aliphatic heterocycles. The van der Waals surface area contributed by atoms with Crippen molar-refractivity contribution in [2.45, 2.75) is 51.5 Å². The number of nitrogen functional groups attached to an aromatic ring is 1. The Balaban J connectivity index is 2.41. The van der Waals surface area contributed by atoms with Crippen molar-refractivity contribution in [1.29, 1.82) is 0 Å². The summed E-state index contributed by atoms with van der Waals surface area (Å²) in [5, 5.41) is 0. The summed E-state index contributed by atoms with van der Waals surface area (Å²) in [6, 6.07) is 0. The van der Waals surface area contributed by atoms with Crippen LogP contribution in [0.25, 0.3) is 0 Å². The van der Waals surface area contributed by atoms with Crippen LogP contribution < -0.4 is 5.73 Å². The molecular weight excluding hydrogens is 238 g/mol. The molecule has 0 atom stereocenters. The quantitative estimate of drug-likeness (QED) is 0.853. The molecule has 0 aliphatic carbocycles. The average Bonchev–Trinajstić information content (AvgIpc) is 2.69. The molecule has 2 N–H and O–H groups in total. The van der Waals surface area contributed by atoms with Crippen LogP contribution in [0.5, 0.6) is 0 Å². The van der Waals surface area contributed by atoms with Gasteiger partial charge in [0.25, 0.3) is 0 Å². The molecule has 106 valence electrons. The van der Waals surface area contributed by atoms with E-state index in [-0.39, 0.29) is 5.41 Å². The summed E-state index contributed by atoms with van der Waals surface area (Å²) in [5.41, 5.74) is 7.37. The lowest BCUT2D eigenvalue weighted by molar-refractivity contribution is 0.0847. The van der Waals surface area contributed by atoms with E-state index >= 15 is 0 Å². The predicted octanol–water partition coefficient (Wildman–Crippen LogP) is 2.84. The van der Waals surface area contributed by atoms with Crippen molar-refractivity contribution in [2.75, 3.05) is 18.9 Å². The highest BCUT2D eigenvalue weighted by molar-refractivity contribution is 5.42. The number of imidazole rings is 1. The van der Waals surface area contributed by atoms with E-state index in [9.17, 15) is 0 Å². The Labute approximate surface area is 115 Å². The summed E-state index contributed by atoms with van der Waals surface area (Å²) >= 11 is 0. The number of aromatic nitrogens is 2. The van der Waals surface area contributed by atoms with E-state index in [0.717, 1.165) is 43.4 Å². The van der Waals surface area contributed by atoms with Crippen molar-refractivity contribution >= 4 is 5.82 Å². The first-order chi connectivity index (χ1) is 8.95. The molecule has 19 heavy (non-hydrogen) atoms. The van der Waals surface area contributed by atoms with Gasteiger partial charge in [-0.3, -0.25) is 0 Å². The van der Waals surface area contributed by atoms with Gasteiger partial charge in [0.15, 0.2) is 0 Å². The summed E-state index contributed by atoms with van der Waals surface area (Å²) in [5.74, 6) is 2.28.